The van der Waals surface area contributed by atoms with Gasteiger partial charge in [-0.2, -0.15) is 0 Å². The van der Waals surface area contributed by atoms with Crippen LogP contribution in [0.5, 0.6) is 5.75 Å². The molecule has 4 N–H and O–H groups in total. The summed E-state index contributed by atoms with van der Waals surface area (Å²) < 4.78 is 5.24. The maximum atomic E-state index is 10.6. The predicted molar refractivity (Wildman–Crippen MR) is 58.2 cm³/mol. The molecule has 2 atom stereocenters. The SMILES string of the molecule is CCOc1cccc(C(O)C(N)C(=O)O)c1. The second-order valence-corrected chi connectivity index (χ2v) is 3.31. The molecule has 0 radical (unpaired) electrons. The van der Waals surface area contributed by atoms with Crippen LogP contribution in [0.25, 0.3) is 0 Å². The van der Waals surface area contributed by atoms with Crippen LogP contribution in [0.3, 0.4) is 0 Å². The van der Waals surface area contributed by atoms with Crippen molar-refractivity contribution in [3.63, 3.8) is 0 Å². The van der Waals surface area contributed by atoms with E-state index in [1.54, 1.807) is 24.3 Å². The molecule has 0 heterocycles. The summed E-state index contributed by atoms with van der Waals surface area (Å²) in [7, 11) is 0. The average molecular weight is 225 g/mol. The minimum absolute atomic E-state index is 0.431. The van der Waals surface area contributed by atoms with Crippen LogP contribution in [0.2, 0.25) is 0 Å². The van der Waals surface area contributed by atoms with E-state index in [1.807, 2.05) is 6.92 Å². The highest BCUT2D eigenvalue weighted by atomic mass is 16.5. The second kappa shape index (κ2) is 5.48. The van der Waals surface area contributed by atoms with Gasteiger partial charge >= 0.3 is 5.97 Å². The van der Waals surface area contributed by atoms with E-state index in [4.69, 9.17) is 15.6 Å². The van der Waals surface area contributed by atoms with Gasteiger partial charge < -0.3 is 20.7 Å². The summed E-state index contributed by atoms with van der Waals surface area (Å²) in [6.07, 6.45) is -1.24. The number of ether oxygens (including phenoxy) is 1. The van der Waals surface area contributed by atoms with Gasteiger partial charge in [-0.05, 0) is 24.6 Å². The molecule has 0 spiro atoms. The molecule has 2 unspecified atom stereocenters. The van der Waals surface area contributed by atoms with Crippen LogP contribution in [0.4, 0.5) is 0 Å². The van der Waals surface area contributed by atoms with Gasteiger partial charge in [0, 0.05) is 0 Å². The number of hydrogen-bond acceptors (Lipinski definition) is 4. The normalized spacial score (nSPS) is 14.2. The lowest BCUT2D eigenvalue weighted by molar-refractivity contribution is -0.141. The summed E-state index contributed by atoms with van der Waals surface area (Å²) in [5.41, 5.74) is 5.76. The van der Waals surface area contributed by atoms with E-state index >= 15 is 0 Å². The van der Waals surface area contributed by atoms with E-state index in [1.165, 1.54) is 0 Å². The number of benzene rings is 1. The van der Waals surface area contributed by atoms with Crippen LogP contribution in [-0.2, 0) is 4.79 Å². The fourth-order valence-corrected chi connectivity index (χ4v) is 1.30. The molecule has 88 valence electrons. The van der Waals surface area contributed by atoms with Crippen molar-refractivity contribution < 1.29 is 19.7 Å². The minimum atomic E-state index is -1.34. The van der Waals surface area contributed by atoms with Gasteiger partial charge in [0.1, 0.15) is 17.9 Å². The molecular weight excluding hydrogens is 210 g/mol. The first-order valence-electron chi connectivity index (χ1n) is 4.95. The van der Waals surface area contributed by atoms with Crippen molar-refractivity contribution in [3.8, 4) is 5.75 Å². The van der Waals surface area contributed by atoms with Gasteiger partial charge in [0.15, 0.2) is 0 Å². The molecule has 0 aliphatic heterocycles. The van der Waals surface area contributed by atoms with Crippen LogP contribution in [-0.4, -0.2) is 28.8 Å². The molecule has 1 aromatic carbocycles. The molecule has 0 aliphatic carbocycles. The van der Waals surface area contributed by atoms with E-state index in [0.29, 0.717) is 17.9 Å². The highest BCUT2D eigenvalue weighted by molar-refractivity contribution is 5.74. The average Bonchev–Trinajstić information content (AvgIpc) is 2.28. The van der Waals surface area contributed by atoms with Crippen LogP contribution in [0.15, 0.2) is 24.3 Å². The Kier molecular flexibility index (Phi) is 4.28. The third-order valence-corrected chi connectivity index (χ3v) is 2.14. The Bertz CT molecular complexity index is 367. The fourth-order valence-electron chi connectivity index (χ4n) is 1.30. The first-order chi connectivity index (χ1) is 7.56. The predicted octanol–water partition coefficient (Wildman–Crippen LogP) is 0.531. The Morgan fingerprint density at radius 1 is 1.56 bits per heavy atom. The van der Waals surface area contributed by atoms with Crippen LogP contribution in [0.1, 0.15) is 18.6 Å². The summed E-state index contributed by atoms with van der Waals surface area (Å²) in [5, 5.41) is 18.4. The zero-order valence-corrected chi connectivity index (χ0v) is 8.96. The standard InChI is InChI=1S/C11H15NO4/c1-2-16-8-5-3-4-7(6-8)10(13)9(12)11(14)15/h3-6,9-10,13H,2,12H2,1H3,(H,14,15). The lowest BCUT2D eigenvalue weighted by atomic mass is 10.0. The van der Waals surface area contributed by atoms with Crippen molar-refractivity contribution in [2.75, 3.05) is 6.61 Å². The number of rotatable bonds is 5. The van der Waals surface area contributed by atoms with E-state index in [-0.39, 0.29) is 0 Å². The van der Waals surface area contributed by atoms with Crippen molar-refractivity contribution in [2.45, 2.75) is 19.1 Å². The first kappa shape index (κ1) is 12.5. The molecule has 0 fully saturated rings. The Morgan fingerprint density at radius 3 is 2.81 bits per heavy atom. The number of nitrogens with two attached hydrogens (primary N) is 1. The molecule has 1 aromatic rings. The zero-order chi connectivity index (χ0) is 12.1. The summed E-state index contributed by atoms with van der Waals surface area (Å²) in [5.74, 6) is -0.661. The molecule has 5 heteroatoms. The van der Waals surface area contributed by atoms with Crippen LogP contribution in [0, 0.1) is 0 Å². The van der Waals surface area contributed by atoms with Gasteiger partial charge in [0.05, 0.1) is 6.61 Å². The molecule has 0 saturated carbocycles. The smallest absolute Gasteiger partial charge is 0.323 e. The molecule has 16 heavy (non-hydrogen) atoms. The number of carboxylic acid groups (broad SMARTS) is 1. The monoisotopic (exact) mass is 225 g/mol. The summed E-state index contributed by atoms with van der Waals surface area (Å²) >= 11 is 0. The van der Waals surface area contributed by atoms with Gasteiger partial charge in [-0.25, -0.2) is 0 Å². The lowest BCUT2D eigenvalue weighted by Crippen LogP contribution is -2.36. The van der Waals surface area contributed by atoms with E-state index in [9.17, 15) is 9.90 Å². The van der Waals surface area contributed by atoms with Gasteiger partial charge in [-0.3, -0.25) is 4.79 Å². The van der Waals surface area contributed by atoms with Gasteiger partial charge in [0.2, 0.25) is 0 Å². The zero-order valence-electron chi connectivity index (χ0n) is 8.96. The number of aliphatic carboxylic acids is 1. The van der Waals surface area contributed by atoms with Gasteiger partial charge in [-0.1, -0.05) is 12.1 Å². The molecular formula is C11H15NO4. The fraction of sp³-hybridized carbons (Fsp3) is 0.364. The number of carboxylic acids is 1. The van der Waals surface area contributed by atoms with Crippen molar-refractivity contribution >= 4 is 5.97 Å². The van der Waals surface area contributed by atoms with E-state index in [2.05, 4.69) is 0 Å². The highest BCUT2D eigenvalue weighted by Gasteiger charge is 2.23. The molecule has 1 rings (SSSR count). The Balaban J connectivity index is 2.86. The molecule has 0 amide bonds. The van der Waals surface area contributed by atoms with Crippen LogP contribution >= 0.6 is 0 Å². The molecule has 0 saturated heterocycles. The van der Waals surface area contributed by atoms with Gasteiger partial charge in [-0.15, -0.1) is 0 Å². The third-order valence-electron chi connectivity index (χ3n) is 2.14. The largest absolute Gasteiger partial charge is 0.494 e. The summed E-state index contributed by atoms with van der Waals surface area (Å²) in [4.78, 5) is 10.6. The third kappa shape index (κ3) is 2.95. The Morgan fingerprint density at radius 2 is 2.25 bits per heavy atom. The van der Waals surface area contributed by atoms with Crippen molar-refractivity contribution in [3.05, 3.63) is 29.8 Å². The van der Waals surface area contributed by atoms with Gasteiger partial charge in [0.25, 0.3) is 0 Å². The second-order valence-electron chi connectivity index (χ2n) is 3.31. The van der Waals surface area contributed by atoms with Crippen molar-refractivity contribution in [1.82, 2.24) is 0 Å². The summed E-state index contributed by atoms with van der Waals surface area (Å²) in [6.45, 7) is 2.34. The quantitative estimate of drug-likeness (QED) is 0.679. The van der Waals surface area contributed by atoms with Crippen molar-refractivity contribution in [1.29, 1.82) is 0 Å². The Hall–Kier alpha value is -1.59. The molecule has 0 bridgehead atoms. The lowest BCUT2D eigenvalue weighted by Gasteiger charge is -2.16. The summed E-state index contributed by atoms with van der Waals surface area (Å²) in [6, 6.07) is 5.26. The number of aliphatic hydroxyl groups is 1. The van der Waals surface area contributed by atoms with Crippen molar-refractivity contribution in [2.24, 2.45) is 5.73 Å². The number of hydrogen-bond donors (Lipinski definition) is 3. The molecule has 0 aromatic heterocycles. The maximum Gasteiger partial charge on any atom is 0.323 e. The molecule has 5 nitrogen and oxygen atoms in total. The highest BCUT2D eigenvalue weighted by Crippen LogP contribution is 2.21. The minimum Gasteiger partial charge on any atom is -0.494 e. The van der Waals surface area contributed by atoms with E-state index in [0.717, 1.165) is 0 Å². The molecule has 0 aliphatic rings. The Labute approximate surface area is 93.5 Å². The van der Waals surface area contributed by atoms with E-state index < -0.39 is 18.1 Å². The maximum absolute atomic E-state index is 10.6. The topological polar surface area (TPSA) is 92.8 Å². The number of carbonyl (C=O) groups is 1. The van der Waals surface area contributed by atoms with Crippen LogP contribution < -0.4 is 10.5 Å². The number of aliphatic hydroxyl groups excluding tert-OH is 1. The first-order valence-corrected chi connectivity index (χ1v) is 4.95.